The Kier molecular flexibility index (Phi) is 6.96. The van der Waals surface area contributed by atoms with Crippen LogP contribution in [-0.2, 0) is 14.3 Å². The molecule has 1 saturated carbocycles. The van der Waals surface area contributed by atoms with E-state index >= 15 is 0 Å². The molecule has 0 saturated heterocycles. The Labute approximate surface area is 193 Å². The highest BCUT2D eigenvalue weighted by molar-refractivity contribution is 5.82. The van der Waals surface area contributed by atoms with E-state index in [1.54, 1.807) is 0 Å². The van der Waals surface area contributed by atoms with E-state index in [1.807, 2.05) is 31.2 Å². The van der Waals surface area contributed by atoms with Gasteiger partial charge in [0.1, 0.15) is 6.61 Å². The van der Waals surface area contributed by atoms with Crippen LogP contribution in [0.5, 0.6) is 0 Å². The molecule has 2 aromatic rings. The van der Waals surface area contributed by atoms with Gasteiger partial charge in [0.25, 0.3) is 0 Å². The van der Waals surface area contributed by atoms with Crippen LogP contribution in [0.4, 0.5) is 4.79 Å². The molecule has 7 nitrogen and oxygen atoms in total. The maximum Gasteiger partial charge on any atom is 0.407 e. The molecular weight excluding hydrogens is 420 g/mol. The number of alkyl carbamates (subject to hydrolysis) is 1. The summed E-state index contributed by atoms with van der Waals surface area (Å²) in [6.45, 7) is 3.06. The normalized spacial score (nSPS) is 19.2. The number of carboxylic acid groups (broad SMARTS) is 1. The number of hydrogen-bond donors (Lipinski definition) is 3. The average Bonchev–Trinajstić information content (AvgIpc) is 3.53. The van der Waals surface area contributed by atoms with Gasteiger partial charge in [-0.05, 0) is 46.9 Å². The molecule has 0 heterocycles. The van der Waals surface area contributed by atoms with Crippen molar-refractivity contribution in [1.82, 2.24) is 10.6 Å². The van der Waals surface area contributed by atoms with E-state index in [9.17, 15) is 14.4 Å². The van der Waals surface area contributed by atoms with Gasteiger partial charge in [-0.15, -0.1) is 0 Å². The van der Waals surface area contributed by atoms with Crippen molar-refractivity contribution >= 4 is 18.0 Å². The smallest absolute Gasteiger partial charge is 0.407 e. The minimum Gasteiger partial charge on any atom is -0.481 e. The first-order chi connectivity index (χ1) is 15.9. The number of carbonyl (C=O) groups excluding carboxylic acids is 2. The van der Waals surface area contributed by atoms with Crippen molar-refractivity contribution in [2.75, 3.05) is 19.7 Å². The van der Waals surface area contributed by atoms with Crippen molar-refractivity contribution in [3.05, 3.63) is 59.7 Å². The molecule has 1 unspecified atom stereocenters. The van der Waals surface area contributed by atoms with Gasteiger partial charge < -0.3 is 20.5 Å². The minimum atomic E-state index is -0.824. The maximum atomic E-state index is 12.3. The number of benzene rings is 2. The zero-order valence-electron chi connectivity index (χ0n) is 18.8. The molecule has 4 rings (SSSR count). The molecule has 0 aromatic heterocycles. The number of rotatable bonds is 10. The van der Waals surface area contributed by atoms with Crippen LogP contribution in [0, 0.1) is 17.8 Å². The van der Waals surface area contributed by atoms with E-state index in [4.69, 9.17) is 9.84 Å². The predicted octanol–water partition coefficient (Wildman–Crippen LogP) is 3.78. The lowest BCUT2D eigenvalue weighted by molar-refractivity contribution is -0.137. The number of ether oxygens (including phenoxy) is 1. The highest BCUT2D eigenvalue weighted by Gasteiger charge is 2.43. The summed E-state index contributed by atoms with van der Waals surface area (Å²) < 4.78 is 5.54. The quantitative estimate of drug-likeness (QED) is 0.511. The second-order valence-electron chi connectivity index (χ2n) is 9.09. The third-order valence-corrected chi connectivity index (χ3v) is 6.59. The lowest BCUT2D eigenvalue weighted by atomic mass is 9.98. The highest BCUT2D eigenvalue weighted by Crippen LogP contribution is 2.44. The van der Waals surface area contributed by atoms with Gasteiger partial charge in [-0.1, -0.05) is 55.5 Å². The van der Waals surface area contributed by atoms with Crippen LogP contribution in [0.3, 0.4) is 0 Å². The topological polar surface area (TPSA) is 105 Å². The van der Waals surface area contributed by atoms with Gasteiger partial charge in [0, 0.05) is 31.3 Å². The third-order valence-electron chi connectivity index (χ3n) is 6.59. The molecule has 0 radical (unpaired) electrons. The van der Waals surface area contributed by atoms with Crippen molar-refractivity contribution in [3.8, 4) is 11.1 Å². The van der Waals surface area contributed by atoms with E-state index in [1.165, 1.54) is 22.3 Å². The SMILES string of the molecule is CC(CCC(=O)O)CNC(=O)[C@H]1C[C@H]1CNC(=O)OCC1c2ccccc2-c2ccccc21. The van der Waals surface area contributed by atoms with Gasteiger partial charge in [0.15, 0.2) is 0 Å². The molecule has 3 N–H and O–H groups in total. The van der Waals surface area contributed by atoms with Crippen LogP contribution in [0.15, 0.2) is 48.5 Å². The van der Waals surface area contributed by atoms with Crippen molar-refractivity contribution in [2.24, 2.45) is 17.8 Å². The predicted molar refractivity (Wildman–Crippen MR) is 124 cm³/mol. The number of nitrogens with one attached hydrogen (secondary N) is 2. The Bertz CT molecular complexity index is 991. The molecule has 0 bridgehead atoms. The molecule has 2 aromatic carbocycles. The van der Waals surface area contributed by atoms with Gasteiger partial charge in [0.2, 0.25) is 5.91 Å². The van der Waals surface area contributed by atoms with Gasteiger partial charge in [-0.3, -0.25) is 9.59 Å². The van der Waals surface area contributed by atoms with E-state index in [0.29, 0.717) is 19.5 Å². The molecule has 1 fully saturated rings. The van der Waals surface area contributed by atoms with Gasteiger partial charge in [-0.2, -0.15) is 0 Å². The summed E-state index contributed by atoms with van der Waals surface area (Å²) in [5.41, 5.74) is 4.71. The monoisotopic (exact) mass is 450 g/mol. The Morgan fingerprint density at radius 1 is 1.03 bits per heavy atom. The lowest BCUT2D eigenvalue weighted by Crippen LogP contribution is -2.32. The zero-order valence-corrected chi connectivity index (χ0v) is 18.8. The third kappa shape index (κ3) is 5.53. The molecule has 2 aliphatic carbocycles. The highest BCUT2D eigenvalue weighted by atomic mass is 16.5. The van der Waals surface area contributed by atoms with Crippen LogP contribution in [-0.4, -0.2) is 42.8 Å². The molecule has 0 aliphatic heterocycles. The maximum absolute atomic E-state index is 12.3. The summed E-state index contributed by atoms with van der Waals surface area (Å²) in [6, 6.07) is 16.4. The molecular formula is C26H30N2O5. The first-order valence-corrected chi connectivity index (χ1v) is 11.5. The Balaban J connectivity index is 1.18. The Hall–Kier alpha value is -3.35. The summed E-state index contributed by atoms with van der Waals surface area (Å²) in [7, 11) is 0. The van der Waals surface area contributed by atoms with E-state index in [2.05, 4.69) is 34.9 Å². The lowest BCUT2D eigenvalue weighted by Gasteiger charge is -2.14. The number of fused-ring (bicyclic) bond motifs is 3. The van der Waals surface area contributed by atoms with Gasteiger partial charge in [0.05, 0.1) is 0 Å². The molecule has 2 amide bonds. The molecule has 2 aliphatic rings. The fourth-order valence-corrected chi connectivity index (χ4v) is 4.54. The van der Waals surface area contributed by atoms with Crippen LogP contribution < -0.4 is 10.6 Å². The fourth-order valence-electron chi connectivity index (χ4n) is 4.54. The van der Waals surface area contributed by atoms with Crippen LogP contribution in [0.2, 0.25) is 0 Å². The van der Waals surface area contributed by atoms with E-state index < -0.39 is 12.1 Å². The summed E-state index contributed by atoms with van der Waals surface area (Å²) in [5.74, 6) is -0.719. The molecule has 3 atom stereocenters. The van der Waals surface area contributed by atoms with Crippen LogP contribution >= 0.6 is 0 Å². The Morgan fingerprint density at radius 3 is 2.30 bits per heavy atom. The molecule has 174 valence electrons. The largest absolute Gasteiger partial charge is 0.481 e. The first kappa shape index (κ1) is 22.8. The fraction of sp³-hybridized carbons (Fsp3) is 0.423. The molecule has 7 heteroatoms. The van der Waals surface area contributed by atoms with Crippen LogP contribution in [0.1, 0.15) is 43.2 Å². The molecule has 0 spiro atoms. The number of carboxylic acids is 1. The Morgan fingerprint density at radius 2 is 1.67 bits per heavy atom. The summed E-state index contributed by atoms with van der Waals surface area (Å²) in [6.07, 6.45) is 0.907. The second-order valence-corrected chi connectivity index (χ2v) is 9.09. The second kappa shape index (κ2) is 10.1. The summed E-state index contributed by atoms with van der Waals surface area (Å²) in [5, 5.41) is 14.4. The number of amides is 2. The molecule has 33 heavy (non-hydrogen) atoms. The zero-order chi connectivity index (χ0) is 23.4. The van der Waals surface area contributed by atoms with Crippen molar-refractivity contribution in [2.45, 2.75) is 32.1 Å². The van der Waals surface area contributed by atoms with E-state index in [-0.39, 0.29) is 42.6 Å². The van der Waals surface area contributed by atoms with Crippen molar-refractivity contribution in [1.29, 1.82) is 0 Å². The number of hydrogen-bond acceptors (Lipinski definition) is 4. The first-order valence-electron chi connectivity index (χ1n) is 11.5. The van der Waals surface area contributed by atoms with Crippen molar-refractivity contribution < 1.29 is 24.2 Å². The minimum absolute atomic E-state index is 0.0192. The van der Waals surface area contributed by atoms with Crippen molar-refractivity contribution in [3.63, 3.8) is 0 Å². The number of carbonyl (C=O) groups is 3. The van der Waals surface area contributed by atoms with Gasteiger partial charge >= 0.3 is 12.1 Å². The summed E-state index contributed by atoms with van der Waals surface area (Å²) >= 11 is 0. The van der Waals surface area contributed by atoms with Crippen LogP contribution in [0.25, 0.3) is 11.1 Å². The summed E-state index contributed by atoms with van der Waals surface area (Å²) in [4.78, 5) is 35.2. The average molecular weight is 451 g/mol. The van der Waals surface area contributed by atoms with E-state index in [0.717, 1.165) is 6.42 Å². The number of aliphatic carboxylic acids is 1. The van der Waals surface area contributed by atoms with Gasteiger partial charge in [-0.25, -0.2) is 4.79 Å². The standard InChI is InChI=1S/C26H30N2O5/c1-16(10-11-24(29)30)13-27-25(31)22-12-17(22)14-28-26(32)33-15-23-20-8-4-2-6-18(20)19-7-3-5-9-21(19)23/h2-9,16-17,22-23H,10-15H2,1H3,(H,27,31)(H,28,32)(H,29,30)/t16?,17-,22-/m0/s1.